The van der Waals surface area contributed by atoms with Gasteiger partial charge in [-0.3, -0.25) is 28.8 Å². The van der Waals surface area contributed by atoms with E-state index in [9.17, 15) is 24.3 Å². The first-order valence-corrected chi connectivity index (χ1v) is 13.2. The number of aliphatic hydroxyl groups excluding tert-OH is 1. The number of aromatic amines is 1. The lowest BCUT2D eigenvalue weighted by Gasteiger charge is -2.33. The van der Waals surface area contributed by atoms with Crippen molar-refractivity contribution in [2.24, 2.45) is 0 Å². The highest BCUT2D eigenvalue weighted by atomic mass is 16.7. The zero-order valence-corrected chi connectivity index (χ0v) is 22.4. The van der Waals surface area contributed by atoms with E-state index in [0.29, 0.717) is 18.1 Å². The van der Waals surface area contributed by atoms with E-state index in [0.717, 1.165) is 23.8 Å². The third kappa shape index (κ3) is 5.61. The second-order valence-corrected chi connectivity index (χ2v) is 9.78. The van der Waals surface area contributed by atoms with Crippen LogP contribution in [0.5, 0.6) is 0 Å². The number of carbonyl (C=O) groups is 2. The van der Waals surface area contributed by atoms with Crippen LogP contribution in [-0.4, -0.2) is 75.8 Å². The number of aliphatic hydroxyl groups is 1. The molecule has 4 atom stereocenters. The van der Waals surface area contributed by atoms with Gasteiger partial charge < -0.3 is 19.3 Å². The Balaban J connectivity index is 1.77. The standard InChI is InChI=1S/C27H35N3O9/c1-4-6-12-36-16-27(15-31)21(37-13-7-5-2)20(25(38-27)29-14-17(3)22(32)28-26(29)35)39-30-23(33)18-10-8-9-11-19(18)24(30)34/h8-11,14,20-21,25,31H,4-7,12-13,15-16H2,1-3H3,(H,28,32,35)/t20?,21?,25-,27-/m1/s1. The Morgan fingerprint density at radius 3 is 2.28 bits per heavy atom. The van der Waals surface area contributed by atoms with Crippen LogP contribution in [0.25, 0.3) is 0 Å². The highest BCUT2D eigenvalue weighted by Crippen LogP contribution is 2.42. The lowest BCUT2D eigenvalue weighted by Crippen LogP contribution is -2.53. The van der Waals surface area contributed by atoms with Crippen LogP contribution in [-0.2, 0) is 19.0 Å². The Morgan fingerprint density at radius 2 is 1.67 bits per heavy atom. The van der Waals surface area contributed by atoms with Gasteiger partial charge in [0, 0.05) is 25.0 Å². The number of aryl methyl sites for hydroxylation is 1. The maximum atomic E-state index is 13.2. The molecule has 1 aromatic carbocycles. The summed E-state index contributed by atoms with van der Waals surface area (Å²) in [5.74, 6) is -1.35. The number of aromatic nitrogens is 2. The summed E-state index contributed by atoms with van der Waals surface area (Å²) in [6.45, 7) is 5.51. The summed E-state index contributed by atoms with van der Waals surface area (Å²) in [4.78, 5) is 59.6. The number of H-pyrrole nitrogens is 1. The van der Waals surface area contributed by atoms with E-state index in [1.807, 2.05) is 13.8 Å². The first-order chi connectivity index (χ1) is 18.8. The van der Waals surface area contributed by atoms with E-state index in [2.05, 4.69) is 4.98 Å². The smallest absolute Gasteiger partial charge is 0.330 e. The van der Waals surface area contributed by atoms with Gasteiger partial charge in [-0.1, -0.05) is 38.8 Å². The molecule has 39 heavy (non-hydrogen) atoms. The Hall–Kier alpha value is -3.16. The molecule has 1 saturated heterocycles. The number of amides is 2. The molecule has 2 N–H and O–H groups in total. The third-order valence-electron chi connectivity index (χ3n) is 6.91. The largest absolute Gasteiger partial charge is 0.393 e. The molecule has 2 aliphatic rings. The second-order valence-electron chi connectivity index (χ2n) is 9.78. The number of hydrogen-bond acceptors (Lipinski definition) is 9. The molecule has 12 heteroatoms. The van der Waals surface area contributed by atoms with Crippen LogP contribution in [0.2, 0.25) is 0 Å². The van der Waals surface area contributed by atoms with Gasteiger partial charge in [0.15, 0.2) is 12.3 Å². The van der Waals surface area contributed by atoms with Crippen molar-refractivity contribution in [3.8, 4) is 0 Å². The monoisotopic (exact) mass is 545 g/mol. The fourth-order valence-corrected chi connectivity index (χ4v) is 4.69. The summed E-state index contributed by atoms with van der Waals surface area (Å²) in [5.41, 5.74) is -2.29. The van der Waals surface area contributed by atoms with Crippen LogP contribution in [0.4, 0.5) is 0 Å². The van der Waals surface area contributed by atoms with Crippen molar-refractivity contribution in [1.29, 1.82) is 0 Å². The number of unbranched alkanes of at least 4 members (excludes halogenated alkanes) is 2. The number of benzene rings is 1. The average Bonchev–Trinajstić information content (AvgIpc) is 3.36. The summed E-state index contributed by atoms with van der Waals surface area (Å²) in [5, 5.41) is 11.3. The molecule has 12 nitrogen and oxygen atoms in total. The first kappa shape index (κ1) is 28.8. The number of fused-ring (bicyclic) bond motifs is 1. The first-order valence-electron chi connectivity index (χ1n) is 13.2. The quantitative estimate of drug-likeness (QED) is 0.283. The van der Waals surface area contributed by atoms with Crippen LogP contribution in [0.15, 0.2) is 40.1 Å². The van der Waals surface area contributed by atoms with Crippen molar-refractivity contribution < 1.29 is 33.7 Å². The van der Waals surface area contributed by atoms with Crippen molar-refractivity contribution >= 4 is 11.8 Å². The van der Waals surface area contributed by atoms with Crippen LogP contribution < -0.4 is 11.2 Å². The predicted molar refractivity (Wildman–Crippen MR) is 138 cm³/mol. The number of nitrogens with one attached hydrogen (secondary N) is 1. The zero-order chi connectivity index (χ0) is 28.2. The van der Waals surface area contributed by atoms with Crippen LogP contribution in [0.3, 0.4) is 0 Å². The van der Waals surface area contributed by atoms with Crippen molar-refractivity contribution in [1.82, 2.24) is 14.6 Å². The van der Waals surface area contributed by atoms with Crippen LogP contribution in [0, 0.1) is 6.92 Å². The number of hydroxylamine groups is 2. The summed E-state index contributed by atoms with van der Waals surface area (Å²) in [6.07, 6.45) is 0.877. The lowest BCUT2D eigenvalue weighted by molar-refractivity contribution is -0.186. The van der Waals surface area contributed by atoms with Gasteiger partial charge in [-0.15, -0.1) is 5.06 Å². The number of carbonyl (C=O) groups excluding carboxylic acids is 2. The van der Waals surface area contributed by atoms with Gasteiger partial charge in [0.05, 0.1) is 24.3 Å². The van der Waals surface area contributed by atoms with Crippen molar-refractivity contribution in [2.45, 2.75) is 70.5 Å². The molecule has 2 aromatic rings. The van der Waals surface area contributed by atoms with E-state index < -0.39 is 53.7 Å². The normalized spacial score (nSPS) is 24.5. The van der Waals surface area contributed by atoms with E-state index in [-0.39, 0.29) is 29.9 Å². The third-order valence-corrected chi connectivity index (χ3v) is 6.91. The number of imide groups is 1. The highest BCUT2D eigenvalue weighted by molar-refractivity contribution is 6.20. The lowest BCUT2D eigenvalue weighted by atomic mass is 9.96. The Kier molecular flexibility index (Phi) is 9.13. The maximum absolute atomic E-state index is 13.2. The van der Waals surface area contributed by atoms with Gasteiger partial charge in [-0.25, -0.2) is 4.79 Å². The van der Waals surface area contributed by atoms with Gasteiger partial charge in [-0.05, 0) is 31.9 Å². The number of hydrogen-bond donors (Lipinski definition) is 2. The van der Waals surface area contributed by atoms with Gasteiger partial charge >= 0.3 is 5.69 Å². The van der Waals surface area contributed by atoms with Gasteiger partial charge in [0.2, 0.25) is 0 Å². The fourth-order valence-electron chi connectivity index (χ4n) is 4.69. The topological polar surface area (TPSA) is 149 Å². The molecule has 1 aromatic heterocycles. The Morgan fingerprint density at radius 1 is 1.03 bits per heavy atom. The molecule has 0 saturated carbocycles. The molecule has 0 radical (unpaired) electrons. The van der Waals surface area contributed by atoms with Crippen LogP contribution >= 0.6 is 0 Å². The van der Waals surface area contributed by atoms with E-state index in [4.69, 9.17) is 19.0 Å². The molecular weight excluding hydrogens is 510 g/mol. The van der Waals surface area contributed by atoms with Crippen molar-refractivity contribution in [3.05, 3.63) is 68.0 Å². The summed E-state index contributed by atoms with van der Waals surface area (Å²) >= 11 is 0. The van der Waals surface area contributed by atoms with Crippen molar-refractivity contribution in [2.75, 3.05) is 26.4 Å². The Bertz CT molecular complexity index is 1270. The maximum Gasteiger partial charge on any atom is 0.330 e. The minimum Gasteiger partial charge on any atom is -0.393 e. The minimum absolute atomic E-state index is 0.101. The molecule has 3 heterocycles. The summed E-state index contributed by atoms with van der Waals surface area (Å²) in [6, 6.07) is 6.32. The van der Waals surface area contributed by atoms with Gasteiger partial charge in [0.1, 0.15) is 11.7 Å². The second kappa shape index (κ2) is 12.3. The highest BCUT2D eigenvalue weighted by Gasteiger charge is 2.59. The molecule has 0 bridgehead atoms. The number of nitrogens with zero attached hydrogens (tertiary/aromatic N) is 2. The number of ether oxygens (including phenoxy) is 3. The van der Waals surface area contributed by atoms with E-state index in [1.165, 1.54) is 25.3 Å². The molecule has 212 valence electrons. The van der Waals surface area contributed by atoms with E-state index in [1.54, 1.807) is 12.1 Å². The zero-order valence-electron chi connectivity index (χ0n) is 22.4. The van der Waals surface area contributed by atoms with Gasteiger partial charge in [-0.2, -0.15) is 0 Å². The predicted octanol–water partition coefficient (Wildman–Crippen LogP) is 1.70. The average molecular weight is 546 g/mol. The molecule has 0 aliphatic carbocycles. The molecular formula is C27H35N3O9. The van der Waals surface area contributed by atoms with E-state index >= 15 is 0 Å². The minimum atomic E-state index is -1.50. The van der Waals surface area contributed by atoms with Gasteiger partial charge in [0.25, 0.3) is 17.4 Å². The molecule has 2 amide bonds. The SMILES string of the molecule is CCCCOC[C@@]1(CO)O[C@@H](n2cc(C)c(=O)[nH]c2=O)C(ON2C(=O)c3ccccc3C2=O)C1OCCCC. The molecule has 0 spiro atoms. The Labute approximate surface area is 225 Å². The number of rotatable bonds is 13. The molecule has 1 fully saturated rings. The molecule has 2 aliphatic heterocycles. The van der Waals surface area contributed by atoms with Crippen molar-refractivity contribution in [3.63, 3.8) is 0 Å². The fraction of sp³-hybridized carbons (Fsp3) is 0.556. The van der Waals surface area contributed by atoms with Crippen LogP contribution in [0.1, 0.15) is 72.0 Å². The molecule has 2 unspecified atom stereocenters. The summed E-state index contributed by atoms with van der Waals surface area (Å²) < 4.78 is 19.5. The summed E-state index contributed by atoms with van der Waals surface area (Å²) in [7, 11) is 0. The molecule has 4 rings (SSSR count).